The Morgan fingerprint density at radius 3 is 2.59 bits per heavy atom. The average molecular weight is 306 g/mol. The van der Waals surface area contributed by atoms with Crippen LogP contribution in [0.15, 0.2) is 30.3 Å². The third kappa shape index (κ3) is 2.20. The number of aliphatic hydroxyl groups excluding tert-OH is 1. The molecule has 2 aliphatic heterocycles. The average Bonchev–Trinajstić information content (AvgIpc) is 2.95. The monoisotopic (exact) mass is 306 g/mol. The van der Waals surface area contributed by atoms with Gasteiger partial charge in [-0.25, -0.2) is 0 Å². The van der Waals surface area contributed by atoms with Gasteiger partial charge in [0.05, 0.1) is 12.7 Å². The van der Waals surface area contributed by atoms with Gasteiger partial charge in [-0.05, 0) is 32.3 Å². The topological polar surface area (TPSA) is 57.2 Å². The highest BCUT2D eigenvalue weighted by Crippen LogP contribution is 2.52. The second-order valence-electron chi connectivity index (χ2n) is 6.81. The number of hydrogen-bond donors (Lipinski definition) is 1. The van der Waals surface area contributed by atoms with Crippen molar-refractivity contribution in [3.8, 4) is 0 Å². The van der Waals surface area contributed by atoms with Crippen molar-refractivity contribution in [1.82, 2.24) is 0 Å². The summed E-state index contributed by atoms with van der Waals surface area (Å²) in [7, 11) is 0. The van der Waals surface area contributed by atoms with E-state index in [0.717, 1.165) is 18.4 Å². The summed E-state index contributed by atoms with van der Waals surface area (Å²) in [5, 5.41) is 10.2. The summed E-state index contributed by atoms with van der Waals surface area (Å²) in [6.45, 7) is 4.20. The fourth-order valence-electron chi connectivity index (χ4n) is 3.64. The predicted octanol–water partition coefficient (Wildman–Crippen LogP) is 1.97. The Morgan fingerprint density at radius 1 is 1.18 bits per heavy atom. The zero-order chi connectivity index (χ0) is 15.4. The third-order valence-electron chi connectivity index (χ3n) is 4.85. The smallest absolute Gasteiger partial charge is 0.190 e. The van der Waals surface area contributed by atoms with Gasteiger partial charge >= 0.3 is 0 Å². The first-order valence-corrected chi connectivity index (χ1v) is 7.87. The van der Waals surface area contributed by atoms with Crippen molar-refractivity contribution in [2.24, 2.45) is 0 Å². The molecule has 2 heterocycles. The summed E-state index contributed by atoms with van der Waals surface area (Å²) in [4.78, 5) is 0. The van der Waals surface area contributed by atoms with Crippen LogP contribution in [-0.4, -0.2) is 41.1 Å². The maximum absolute atomic E-state index is 10.2. The lowest BCUT2D eigenvalue weighted by Crippen LogP contribution is -2.61. The molecule has 5 nitrogen and oxygen atoms in total. The first kappa shape index (κ1) is 14.6. The molecule has 22 heavy (non-hydrogen) atoms. The largest absolute Gasteiger partial charge is 0.390 e. The van der Waals surface area contributed by atoms with Crippen LogP contribution in [0.25, 0.3) is 0 Å². The van der Waals surface area contributed by atoms with Crippen molar-refractivity contribution >= 4 is 0 Å². The maximum Gasteiger partial charge on any atom is 0.190 e. The van der Waals surface area contributed by atoms with Gasteiger partial charge < -0.3 is 24.1 Å². The van der Waals surface area contributed by atoms with E-state index in [1.54, 1.807) is 0 Å². The molecule has 1 aliphatic carbocycles. The Bertz CT molecular complexity index is 545. The maximum atomic E-state index is 10.2. The molecule has 5 heteroatoms. The van der Waals surface area contributed by atoms with Crippen LogP contribution >= 0.6 is 0 Å². The van der Waals surface area contributed by atoms with Gasteiger partial charge in [0, 0.05) is 0 Å². The van der Waals surface area contributed by atoms with Gasteiger partial charge in [-0.1, -0.05) is 30.3 Å². The van der Waals surface area contributed by atoms with Crippen molar-refractivity contribution in [3.05, 3.63) is 35.9 Å². The highest BCUT2D eigenvalue weighted by molar-refractivity contribution is 5.16. The molecule has 4 rings (SSSR count). The van der Waals surface area contributed by atoms with E-state index in [4.69, 9.17) is 18.9 Å². The lowest BCUT2D eigenvalue weighted by atomic mass is 9.73. The number of ether oxygens (including phenoxy) is 4. The normalized spacial score (nSPS) is 42.3. The molecule has 120 valence electrons. The Labute approximate surface area is 130 Å². The minimum Gasteiger partial charge on any atom is -0.390 e. The number of rotatable bonds is 3. The fourth-order valence-corrected chi connectivity index (χ4v) is 3.64. The standard InChI is InChI=1S/C17H22O5/c1-16(2)20-13-14(19-10-11-6-4-3-5-7-11)17(9-8-12(17)18)22-15(13)21-16/h3-7,12-15,18H,8-10H2,1-2H3/t12?,13-,14?,15-,17-/m0/s1. The lowest BCUT2D eigenvalue weighted by molar-refractivity contribution is -0.287. The van der Waals surface area contributed by atoms with Crippen LogP contribution in [0.5, 0.6) is 0 Å². The van der Waals surface area contributed by atoms with E-state index in [2.05, 4.69) is 0 Å². The lowest BCUT2D eigenvalue weighted by Gasteiger charge is -2.47. The molecular weight excluding hydrogens is 284 g/mol. The van der Waals surface area contributed by atoms with Gasteiger partial charge in [-0.15, -0.1) is 0 Å². The summed E-state index contributed by atoms with van der Waals surface area (Å²) in [6, 6.07) is 9.99. The minimum absolute atomic E-state index is 0.298. The SMILES string of the molecule is CC1(C)O[C@H]2O[C@]3(CCC3O)C(OCc3ccccc3)[C@@H]2O1. The molecule has 1 N–H and O–H groups in total. The molecule has 0 aromatic heterocycles. The van der Waals surface area contributed by atoms with Crippen molar-refractivity contribution in [2.45, 2.75) is 69.3 Å². The van der Waals surface area contributed by atoms with E-state index >= 15 is 0 Å². The summed E-state index contributed by atoms with van der Waals surface area (Å²) in [6.07, 6.45) is -0.0984. The van der Waals surface area contributed by atoms with E-state index in [1.165, 1.54) is 0 Å². The first-order chi connectivity index (χ1) is 10.5. The quantitative estimate of drug-likeness (QED) is 0.925. The molecule has 1 spiro atoms. The van der Waals surface area contributed by atoms with Crippen molar-refractivity contribution in [2.75, 3.05) is 0 Å². The van der Waals surface area contributed by atoms with E-state index in [1.807, 2.05) is 44.2 Å². The molecule has 0 radical (unpaired) electrons. The van der Waals surface area contributed by atoms with Crippen molar-refractivity contribution < 1.29 is 24.1 Å². The van der Waals surface area contributed by atoms with E-state index in [-0.39, 0.29) is 12.2 Å². The van der Waals surface area contributed by atoms with Crippen LogP contribution in [0.1, 0.15) is 32.3 Å². The van der Waals surface area contributed by atoms with E-state index in [0.29, 0.717) is 6.61 Å². The summed E-state index contributed by atoms with van der Waals surface area (Å²) < 4.78 is 23.9. The molecule has 5 atom stereocenters. The Kier molecular flexibility index (Phi) is 3.33. The van der Waals surface area contributed by atoms with Gasteiger partial charge in [-0.2, -0.15) is 0 Å². The molecular formula is C17H22O5. The van der Waals surface area contributed by atoms with Crippen LogP contribution in [0.2, 0.25) is 0 Å². The van der Waals surface area contributed by atoms with Crippen LogP contribution in [0.3, 0.4) is 0 Å². The van der Waals surface area contributed by atoms with Crippen LogP contribution < -0.4 is 0 Å². The Hall–Kier alpha value is -0.980. The first-order valence-electron chi connectivity index (χ1n) is 7.87. The number of aliphatic hydroxyl groups is 1. The molecule has 1 saturated carbocycles. The summed E-state index contributed by atoms with van der Waals surface area (Å²) >= 11 is 0. The predicted molar refractivity (Wildman–Crippen MR) is 77.9 cm³/mol. The number of benzene rings is 1. The second kappa shape index (κ2) is 5.01. The van der Waals surface area contributed by atoms with Gasteiger partial charge in [0.2, 0.25) is 0 Å². The van der Waals surface area contributed by atoms with Crippen LogP contribution in [-0.2, 0) is 25.6 Å². The second-order valence-corrected chi connectivity index (χ2v) is 6.81. The number of fused-ring (bicyclic) bond motifs is 1. The van der Waals surface area contributed by atoms with Gasteiger partial charge in [0.15, 0.2) is 12.1 Å². The highest BCUT2D eigenvalue weighted by atomic mass is 16.8. The molecule has 3 fully saturated rings. The Morgan fingerprint density at radius 2 is 1.95 bits per heavy atom. The summed E-state index contributed by atoms with van der Waals surface area (Å²) in [5.74, 6) is -0.681. The fraction of sp³-hybridized carbons (Fsp3) is 0.647. The highest BCUT2D eigenvalue weighted by Gasteiger charge is 2.68. The van der Waals surface area contributed by atoms with Gasteiger partial charge in [-0.3, -0.25) is 0 Å². The van der Waals surface area contributed by atoms with Crippen molar-refractivity contribution in [3.63, 3.8) is 0 Å². The van der Waals surface area contributed by atoms with E-state index < -0.39 is 23.8 Å². The molecule has 0 amide bonds. The molecule has 2 unspecified atom stereocenters. The van der Waals surface area contributed by atoms with Gasteiger partial charge in [0.1, 0.15) is 17.8 Å². The minimum atomic E-state index is -0.681. The number of hydrogen-bond acceptors (Lipinski definition) is 5. The third-order valence-corrected chi connectivity index (χ3v) is 4.85. The molecule has 2 saturated heterocycles. The molecule has 3 aliphatic rings. The Balaban J connectivity index is 1.53. The van der Waals surface area contributed by atoms with Crippen LogP contribution in [0, 0.1) is 0 Å². The van der Waals surface area contributed by atoms with Gasteiger partial charge in [0.25, 0.3) is 0 Å². The van der Waals surface area contributed by atoms with Crippen LogP contribution in [0.4, 0.5) is 0 Å². The molecule has 1 aromatic rings. The molecule has 0 bridgehead atoms. The zero-order valence-corrected chi connectivity index (χ0v) is 12.9. The summed E-state index contributed by atoms with van der Waals surface area (Å²) in [5.41, 5.74) is 0.411. The molecule has 1 aromatic carbocycles. The zero-order valence-electron chi connectivity index (χ0n) is 12.9. The van der Waals surface area contributed by atoms with E-state index in [9.17, 15) is 5.11 Å². The van der Waals surface area contributed by atoms with Crippen molar-refractivity contribution in [1.29, 1.82) is 0 Å².